The lowest BCUT2D eigenvalue weighted by atomic mass is 10.1. The smallest absolute Gasteiger partial charge is 0.254 e. The third-order valence-corrected chi connectivity index (χ3v) is 4.98. The molecule has 0 N–H and O–H groups in total. The van der Waals surface area contributed by atoms with Gasteiger partial charge < -0.3 is 9.80 Å². The number of hydrogen-bond acceptors (Lipinski definition) is 4. The van der Waals surface area contributed by atoms with Gasteiger partial charge in [0.1, 0.15) is 0 Å². The number of fused-ring (bicyclic) bond motifs is 1. The van der Waals surface area contributed by atoms with Crippen LogP contribution in [-0.2, 0) is 4.79 Å². The first kappa shape index (κ1) is 15.7. The van der Waals surface area contributed by atoms with Crippen molar-refractivity contribution in [1.29, 1.82) is 0 Å². The van der Waals surface area contributed by atoms with Crippen molar-refractivity contribution in [2.45, 2.75) is 19.4 Å². The molecule has 2 amide bonds. The quantitative estimate of drug-likeness (QED) is 0.813. The summed E-state index contributed by atoms with van der Waals surface area (Å²) in [6.07, 6.45) is 2.16. The van der Waals surface area contributed by atoms with Crippen LogP contribution in [0.5, 0.6) is 0 Å². The summed E-state index contributed by atoms with van der Waals surface area (Å²) in [4.78, 5) is 28.5. The molecule has 1 saturated heterocycles. The number of piperazine rings is 1. The van der Waals surface area contributed by atoms with Crippen molar-refractivity contribution in [2.75, 3.05) is 19.6 Å². The Hall–Kier alpha value is -2.21. The number of hydrogen-bond donors (Lipinski definition) is 0. The third kappa shape index (κ3) is 2.86. The van der Waals surface area contributed by atoms with Crippen LogP contribution in [0, 0.1) is 0 Å². The average molecular weight is 329 g/mol. The molecule has 0 saturated carbocycles. The Kier molecular flexibility index (Phi) is 4.43. The van der Waals surface area contributed by atoms with Gasteiger partial charge in [-0.15, -0.1) is 0 Å². The van der Waals surface area contributed by atoms with Gasteiger partial charge in [-0.3, -0.25) is 9.59 Å². The first-order valence-corrected chi connectivity index (χ1v) is 8.54. The molecule has 0 spiro atoms. The lowest BCUT2D eigenvalue weighted by Crippen LogP contribution is -2.56. The number of nitrogens with zero attached hydrogens (tertiary/aromatic N) is 3. The van der Waals surface area contributed by atoms with Crippen molar-refractivity contribution < 1.29 is 9.59 Å². The maximum atomic E-state index is 12.9. The van der Waals surface area contributed by atoms with Crippen molar-refractivity contribution in [3.63, 3.8) is 0 Å². The number of carbonyl (C=O) groups excluding carboxylic acids is 2. The van der Waals surface area contributed by atoms with Crippen molar-refractivity contribution in [3.8, 4) is 0 Å². The molecule has 2 heterocycles. The van der Waals surface area contributed by atoms with Gasteiger partial charge in [0.15, 0.2) is 0 Å². The molecule has 0 aliphatic carbocycles. The molecule has 0 unspecified atom stereocenters. The van der Waals surface area contributed by atoms with E-state index in [1.807, 2.05) is 40.3 Å². The second-order valence-corrected chi connectivity index (χ2v) is 6.23. The van der Waals surface area contributed by atoms with Crippen molar-refractivity contribution in [2.24, 2.45) is 0 Å². The molecular formula is C17H19N3O2S. The first-order valence-electron chi connectivity index (χ1n) is 7.71. The van der Waals surface area contributed by atoms with Gasteiger partial charge in [-0.05, 0) is 36.2 Å². The van der Waals surface area contributed by atoms with Crippen molar-refractivity contribution >= 4 is 34.2 Å². The van der Waals surface area contributed by atoms with Gasteiger partial charge in [0.05, 0.1) is 5.52 Å². The molecular weight excluding hydrogens is 310 g/mol. The Morgan fingerprint density at radius 1 is 1.43 bits per heavy atom. The highest BCUT2D eigenvalue weighted by molar-refractivity contribution is 7.04. The molecule has 1 atom stereocenters. The highest BCUT2D eigenvalue weighted by Gasteiger charge is 2.31. The van der Waals surface area contributed by atoms with E-state index in [0.29, 0.717) is 25.2 Å². The molecule has 1 aromatic carbocycles. The second kappa shape index (κ2) is 6.50. The molecule has 2 aromatic rings. The monoisotopic (exact) mass is 329 g/mol. The molecule has 1 aliphatic heterocycles. The summed E-state index contributed by atoms with van der Waals surface area (Å²) >= 11 is 1.36. The number of rotatable bonds is 3. The minimum Gasteiger partial charge on any atom is -0.335 e. The van der Waals surface area contributed by atoms with Crippen LogP contribution in [0.1, 0.15) is 23.7 Å². The fraction of sp³-hybridized carbons (Fsp3) is 0.353. The van der Waals surface area contributed by atoms with E-state index >= 15 is 0 Å². The molecule has 6 heteroatoms. The topological polar surface area (TPSA) is 53.5 Å². The Bertz CT molecular complexity index is 755. The zero-order valence-corrected chi connectivity index (χ0v) is 13.9. The van der Waals surface area contributed by atoms with Crippen LogP contribution < -0.4 is 0 Å². The Labute approximate surface area is 139 Å². The van der Waals surface area contributed by atoms with Crippen LogP contribution in [0.15, 0.2) is 36.2 Å². The second-order valence-electron chi connectivity index (χ2n) is 5.60. The average Bonchev–Trinajstić information content (AvgIpc) is 3.08. The van der Waals surface area contributed by atoms with Gasteiger partial charge >= 0.3 is 0 Å². The predicted molar refractivity (Wildman–Crippen MR) is 91.5 cm³/mol. The zero-order valence-electron chi connectivity index (χ0n) is 13.1. The number of carbonyl (C=O) groups is 2. The summed E-state index contributed by atoms with van der Waals surface area (Å²) in [5.74, 6) is -0.0481. The molecule has 0 bridgehead atoms. The van der Waals surface area contributed by atoms with Gasteiger partial charge in [-0.2, -0.15) is 4.37 Å². The number of amides is 2. The molecule has 1 aromatic heterocycles. The normalized spacial score (nSPS) is 18.2. The van der Waals surface area contributed by atoms with E-state index in [4.69, 9.17) is 0 Å². The predicted octanol–water partition coefficient (Wildman–Crippen LogP) is 2.55. The summed E-state index contributed by atoms with van der Waals surface area (Å²) in [5, 5.41) is 2.82. The SMILES string of the molecule is C=CC(=O)N1CCN(C(=O)c2cccc3nscc23)C[C@H]1CC. The fourth-order valence-electron chi connectivity index (χ4n) is 3.05. The van der Waals surface area contributed by atoms with E-state index in [1.165, 1.54) is 17.6 Å². The summed E-state index contributed by atoms with van der Waals surface area (Å²) in [6, 6.07) is 5.67. The summed E-state index contributed by atoms with van der Waals surface area (Å²) in [6.45, 7) is 7.24. The summed E-state index contributed by atoms with van der Waals surface area (Å²) in [5.41, 5.74) is 1.54. The van der Waals surface area contributed by atoms with Gasteiger partial charge in [0, 0.05) is 42.0 Å². The number of aromatic nitrogens is 1. The minimum absolute atomic E-state index is 0.0138. The molecule has 120 valence electrons. The van der Waals surface area contributed by atoms with Gasteiger partial charge in [0.2, 0.25) is 5.91 Å². The Morgan fingerprint density at radius 2 is 2.26 bits per heavy atom. The molecule has 0 radical (unpaired) electrons. The zero-order chi connectivity index (χ0) is 16.4. The van der Waals surface area contributed by atoms with Crippen molar-refractivity contribution in [3.05, 3.63) is 41.8 Å². The molecule has 23 heavy (non-hydrogen) atoms. The van der Waals surface area contributed by atoms with E-state index < -0.39 is 0 Å². The highest BCUT2D eigenvalue weighted by atomic mass is 32.1. The van der Waals surface area contributed by atoms with E-state index in [9.17, 15) is 9.59 Å². The van der Waals surface area contributed by atoms with Crippen LogP contribution in [-0.4, -0.2) is 51.7 Å². The van der Waals surface area contributed by atoms with Crippen LogP contribution in [0.3, 0.4) is 0 Å². The minimum atomic E-state index is -0.0620. The molecule has 1 fully saturated rings. The third-order valence-electron chi connectivity index (χ3n) is 4.33. The lowest BCUT2D eigenvalue weighted by Gasteiger charge is -2.40. The molecule has 5 nitrogen and oxygen atoms in total. The van der Waals surface area contributed by atoms with E-state index in [-0.39, 0.29) is 17.9 Å². The Balaban J connectivity index is 1.83. The van der Waals surface area contributed by atoms with Gasteiger partial charge in [-0.1, -0.05) is 19.6 Å². The largest absolute Gasteiger partial charge is 0.335 e. The summed E-state index contributed by atoms with van der Waals surface area (Å²) < 4.78 is 4.29. The van der Waals surface area contributed by atoms with E-state index in [0.717, 1.165) is 17.3 Å². The lowest BCUT2D eigenvalue weighted by molar-refractivity contribution is -0.130. The van der Waals surface area contributed by atoms with Crippen LogP contribution in [0.25, 0.3) is 10.9 Å². The molecule has 1 aliphatic rings. The van der Waals surface area contributed by atoms with E-state index in [2.05, 4.69) is 11.0 Å². The van der Waals surface area contributed by atoms with Gasteiger partial charge in [0.25, 0.3) is 5.91 Å². The summed E-state index contributed by atoms with van der Waals surface area (Å²) in [7, 11) is 0. The van der Waals surface area contributed by atoms with E-state index in [1.54, 1.807) is 0 Å². The molecule has 3 rings (SSSR count). The van der Waals surface area contributed by atoms with Crippen molar-refractivity contribution in [1.82, 2.24) is 14.2 Å². The van der Waals surface area contributed by atoms with Crippen LogP contribution in [0.4, 0.5) is 0 Å². The highest BCUT2D eigenvalue weighted by Crippen LogP contribution is 2.23. The van der Waals surface area contributed by atoms with Gasteiger partial charge in [-0.25, -0.2) is 0 Å². The number of benzene rings is 1. The maximum Gasteiger partial charge on any atom is 0.254 e. The standard InChI is InChI=1S/C17H19N3O2S/c1-3-12-10-19(8-9-20(12)16(21)4-2)17(22)13-6-5-7-15-14(13)11-23-18-15/h4-7,11-12H,2-3,8-10H2,1H3/t12-/m1/s1. The fourth-order valence-corrected chi connectivity index (χ4v) is 3.72. The maximum absolute atomic E-state index is 12.9. The first-order chi connectivity index (χ1) is 11.2. The van der Waals surface area contributed by atoms with Crippen LogP contribution >= 0.6 is 11.5 Å². The van der Waals surface area contributed by atoms with Crippen LogP contribution in [0.2, 0.25) is 0 Å². The Morgan fingerprint density at radius 3 is 3.00 bits per heavy atom.